The first-order valence-electron chi connectivity index (χ1n) is 15.6. The number of carbonyl (C=O) groups is 1. The number of nitrogens with one attached hydrogen (secondary N) is 1. The summed E-state index contributed by atoms with van der Waals surface area (Å²) < 4.78 is 13.2. The van der Waals surface area contributed by atoms with Crippen LogP contribution in [0.1, 0.15) is 58.2 Å². The van der Waals surface area contributed by atoms with Gasteiger partial charge in [-0.05, 0) is 60.1 Å². The zero-order valence-corrected chi connectivity index (χ0v) is 26.2. The lowest BCUT2D eigenvalue weighted by atomic mass is 9.90. The second-order valence-electron chi connectivity index (χ2n) is 12.0. The molecule has 47 heavy (non-hydrogen) atoms. The third kappa shape index (κ3) is 7.65. The maximum absolute atomic E-state index is 13.1. The smallest absolute Gasteiger partial charge is 0.275 e. The fourth-order valence-electron chi connectivity index (χ4n) is 5.87. The third-order valence-electron chi connectivity index (χ3n) is 8.45. The van der Waals surface area contributed by atoms with Crippen LogP contribution in [0.5, 0.6) is 5.75 Å². The molecule has 1 saturated heterocycles. The van der Waals surface area contributed by atoms with Crippen LogP contribution >= 0.6 is 0 Å². The van der Waals surface area contributed by atoms with E-state index in [1.165, 1.54) is 6.20 Å². The zero-order valence-electron chi connectivity index (χ0n) is 26.2. The van der Waals surface area contributed by atoms with Gasteiger partial charge in [0.1, 0.15) is 11.4 Å². The molecule has 0 radical (unpaired) electrons. The Hall–Kier alpha value is -4.71. The number of hydrogen-bond donors (Lipinski definition) is 4. The number of nitrogens with zero attached hydrogens (tertiary/aromatic N) is 3. The van der Waals surface area contributed by atoms with Gasteiger partial charge in [0.2, 0.25) is 0 Å². The van der Waals surface area contributed by atoms with Gasteiger partial charge in [0.25, 0.3) is 5.91 Å². The SMILES string of the molecule is C[C@H]1[C@@H](CN(C)C[C@@H](O)c2cccc(O)c2)O[C@@H](c2cccc(NC(=O)c3cnc4ccccc4n3)c2)O[C@H]1c1ccc(CO)cc1. The number of fused-ring (bicyclic) bond motifs is 1. The highest BCUT2D eigenvalue weighted by atomic mass is 16.7. The van der Waals surface area contributed by atoms with Crippen molar-refractivity contribution < 1.29 is 29.6 Å². The molecule has 4 N–H and O–H groups in total. The molecule has 6 rings (SSSR count). The number of anilines is 1. The predicted octanol–water partition coefficient (Wildman–Crippen LogP) is 5.54. The van der Waals surface area contributed by atoms with Crippen LogP contribution in [0.2, 0.25) is 0 Å². The zero-order chi connectivity index (χ0) is 32.9. The first kappa shape index (κ1) is 32.2. The summed E-state index contributed by atoms with van der Waals surface area (Å²) in [6.45, 7) is 2.85. The molecule has 4 aromatic carbocycles. The molecule has 1 aliphatic rings. The highest BCUT2D eigenvalue weighted by Crippen LogP contribution is 2.42. The average molecular weight is 635 g/mol. The largest absolute Gasteiger partial charge is 0.508 e. The maximum Gasteiger partial charge on any atom is 0.275 e. The van der Waals surface area contributed by atoms with Gasteiger partial charge >= 0.3 is 0 Å². The fourth-order valence-corrected chi connectivity index (χ4v) is 5.87. The molecule has 0 spiro atoms. The molecule has 10 heteroatoms. The second kappa shape index (κ2) is 14.4. The van der Waals surface area contributed by atoms with Gasteiger partial charge in [-0.15, -0.1) is 0 Å². The second-order valence-corrected chi connectivity index (χ2v) is 12.0. The summed E-state index contributed by atoms with van der Waals surface area (Å²) in [6.07, 6.45) is -0.708. The van der Waals surface area contributed by atoms with Crippen molar-refractivity contribution in [1.82, 2.24) is 14.9 Å². The van der Waals surface area contributed by atoms with Crippen molar-refractivity contribution in [3.63, 3.8) is 0 Å². The molecule has 2 heterocycles. The van der Waals surface area contributed by atoms with Gasteiger partial charge < -0.3 is 35.0 Å². The molecule has 0 bridgehead atoms. The standard InChI is InChI=1S/C37H38N4O6/c1-23-34(21-41(2)20-33(44)26-7-6-10-29(43)18-26)46-37(47-35(23)25-15-13-24(22-42)14-16-25)27-8-5-9-28(17-27)39-36(45)32-19-38-30-11-3-4-12-31(30)40-32/h3-19,23,33-35,37,42-44H,20-22H2,1-2H3,(H,39,45)/t23-,33+,34+,35+,37+/m0/s1. The van der Waals surface area contributed by atoms with Gasteiger partial charge in [0, 0.05) is 30.3 Å². The molecular weight excluding hydrogens is 596 g/mol. The maximum atomic E-state index is 13.1. The van der Waals surface area contributed by atoms with Crippen molar-refractivity contribution in [1.29, 1.82) is 0 Å². The van der Waals surface area contributed by atoms with E-state index in [0.29, 0.717) is 35.4 Å². The molecule has 1 fully saturated rings. The molecule has 0 aliphatic carbocycles. The number of likely N-dealkylation sites (N-methyl/N-ethyl adjacent to an activating group) is 1. The van der Waals surface area contributed by atoms with Gasteiger partial charge in [-0.25, -0.2) is 4.98 Å². The molecule has 1 aliphatic heterocycles. The summed E-state index contributed by atoms with van der Waals surface area (Å²) >= 11 is 0. The molecule has 1 amide bonds. The van der Waals surface area contributed by atoms with Crippen LogP contribution in [-0.2, 0) is 16.1 Å². The quantitative estimate of drug-likeness (QED) is 0.156. The topological polar surface area (TPSA) is 137 Å². The minimum absolute atomic E-state index is 0.0503. The monoisotopic (exact) mass is 634 g/mol. The first-order chi connectivity index (χ1) is 22.8. The molecular formula is C37H38N4O6. The van der Waals surface area contributed by atoms with Gasteiger partial charge in [-0.1, -0.05) is 67.6 Å². The minimum Gasteiger partial charge on any atom is -0.508 e. The molecule has 242 valence electrons. The number of para-hydroxylation sites is 2. The van der Waals surface area contributed by atoms with E-state index in [4.69, 9.17) is 9.47 Å². The molecule has 0 saturated carbocycles. The van der Waals surface area contributed by atoms with E-state index < -0.39 is 12.4 Å². The van der Waals surface area contributed by atoms with Crippen molar-refractivity contribution in [2.75, 3.05) is 25.5 Å². The summed E-state index contributed by atoms with van der Waals surface area (Å²) in [6, 6.07) is 29.0. The Kier molecular flexibility index (Phi) is 9.86. The van der Waals surface area contributed by atoms with Crippen LogP contribution in [0.3, 0.4) is 0 Å². The van der Waals surface area contributed by atoms with Crippen molar-refractivity contribution in [3.8, 4) is 5.75 Å². The average Bonchev–Trinajstić information content (AvgIpc) is 3.09. The molecule has 10 nitrogen and oxygen atoms in total. The predicted molar refractivity (Wildman–Crippen MR) is 177 cm³/mol. The van der Waals surface area contributed by atoms with Crippen LogP contribution in [0, 0.1) is 5.92 Å². The fraction of sp³-hybridized carbons (Fsp3) is 0.270. The highest BCUT2D eigenvalue weighted by Gasteiger charge is 2.39. The summed E-state index contributed by atoms with van der Waals surface area (Å²) in [5.74, 6) is -0.348. The van der Waals surface area contributed by atoms with E-state index in [1.54, 1.807) is 30.3 Å². The number of hydrogen-bond acceptors (Lipinski definition) is 9. The Morgan fingerprint density at radius 3 is 2.47 bits per heavy atom. The van der Waals surface area contributed by atoms with Crippen LogP contribution in [0.4, 0.5) is 5.69 Å². The summed E-state index contributed by atoms with van der Waals surface area (Å²) in [5.41, 5.74) is 5.22. The number of phenols is 1. The van der Waals surface area contributed by atoms with E-state index in [2.05, 4.69) is 22.2 Å². The number of aromatic nitrogens is 2. The van der Waals surface area contributed by atoms with E-state index in [1.807, 2.05) is 78.7 Å². The Balaban J connectivity index is 1.22. The summed E-state index contributed by atoms with van der Waals surface area (Å²) in [4.78, 5) is 23.9. The van der Waals surface area contributed by atoms with Crippen LogP contribution < -0.4 is 5.32 Å². The number of aromatic hydroxyl groups is 1. The number of benzene rings is 4. The van der Waals surface area contributed by atoms with Crippen LogP contribution in [-0.4, -0.2) is 62.3 Å². The van der Waals surface area contributed by atoms with Crippen LogP contribution in [0.15, 0.2) is 103 Å². The molecule has 5 atom stereocenters. The normalized spacial score (nSPS) is 20.3. The van der Waals surface area contributed by atoms with E-state index in [-0.39, 0.29) is 42.1 Å². The van der Waals surface area contributed by atoms with Crippen molar-refractivity contribution in [3.05, 3.63) is 131 Å². The lowest BCUT2D eigenvalue weighted by Gasteiger charge is -2.42. The van der Waals surface area contributed by atoms with Crippen molar-refractivity contribution in [2.24, 2.45) is 5.92 Å². The third-order valence-corrected chi connectivity index (χ3v) is 8.45. The first-order valence-corrected chi connectivity index (χ1v) is 15.6. The Morgan fingerprint density at radius 2 is 1.70 bits per heavy atom. The lowest BCUT2D eigenvalue weighted by Crippen LogP contribution is -2.44. The Morgan fingerprint density at radius 1 is 0.936 bits per heavy atom. The Labute approximate surface area is 273 Å². The number of ether oxygens (including phenoxy) is 2. The molecule has 0 unspecified atom stereocenters. The van der Waals surface area contributed by atoms with Gasteiger partial charge in [-0.3, -0.25) is 9.78 Å². The number of aliphatic hydroxyl groups excluding tert-OH is 2. The number of aliphatic hydroxyl groups is 2. The van der Waals surface area contributed by atoms with Crippen molar-refractivity contribution in [2.45, 2.75) is 38.1 Å². The summed E-state index contributed by atoms with van der Waals surface area (Å²) in [5, 5.41) is 33.2. The van der Waals surface area contributed by atoms with E-state index in [0.717, 1.165) is 16.7 Å². The lowest BCUT2D eigenvalue weighted by molar-refractivity contribution is -0.276. The van der Waals surface area contributed by atoms with Crippen molar-refractivity contribution >= 4 is 22.6 Å². The van der Waals surface area contributed by atoms with E-state index in [9.17, 15) is 20.1 Å². The highest BCUT2D eigenvalue weighted by molar-refractivity contribution is 6.03. The number of amides is 1. The minimum atomic E-state index is -0.799. The number of phenolic OH excluding ortho intramolecular Hbond substituents is 1. The number of carbonyl (C=O) groups excluding carboxylic acids is 1. The van der Waals surface area contributed by atoms with Gasteiger partial charge in [0.05, 0.1) is 42.1 Å². The van der Waals surface area contributed by atoms with Gasteiger partial charge in [0.15, 0.2) is 6.29 Å². The van der Waals surface area contributed by atoms with Gasteiger partial charge in [-0.2, -0.15) is 0 Å². The Bertz CT molecular complexity index is 1830. The molecule has 1 aromatic heterocycles. The summed E-state index contributed by atoms with van der Waals surface area (Å²) in [7, 11) is 1.92. The van der Waals surface area contributed by atoms with Crippen LogP contribution in [0.25, 0.3) is 11.0 Å². The van der Waals surface area contributed by atoms with E-state index >= 15 is 0 Å². The molecule has 5 aromatic rings. The number of rotatable bonds is 10.